The molecule has 2 aromatic rings. The maximum atomic E-state index is 11.3. The third-order valence-electron chi connectivity index (χ3n) is 2.95. The molecule has 0 heterocycles. The monoisotopic (exact) mass is 368 g/mol. The number of rotatable bonds is 5. The molecule has 0 saturated carbocycles. The number of carbonyl (C=O) groups is 1. The number of carbonyl (C=O) groups excluding carboxylic acids is 1. The minimum atomic E-state index is -0.0254. The quantitative estimate of drug-likeness (QED) is 0.704. The summed E-state index contributed by atoms with van der Waals surface area (Å²) in [6.07, 6.45) is 0. The van der Waals surface area contributed by atoms with Crippen LogP contribution in [0, 0.1) is 0 Å². The molecule has 0 N–H and O–H groups in total. The molecule has 3 nitrogen and oxygen atoms in total. The number of methoxy groups -OCH3 is 1. The van der Waals surface area contributed by atoms with Crippen LogP contribution in [0.2, 0.25) is 5.02 Å². The van der Waals surface area contributed by atoms with E-state index in [0.717, 1.165) is 15.8 Å². The van der Waals surface area contributed by atoms with Crippen LogP contribution in [0.15, 0.2) is 40.9 Å². The SMILES string of the molecule is COc1ccc(COc2ccc(C(C)=O)cc2Cl)cc1Br. The van der Waals surface area contributed by atoms with Crippen molar-refractivity contribution in [2.45, 2.75) is 13.5 Å². The molecule has 0 aromatic heterocycles. The summed E-state index contributed by atoms with van der Waals surface area (Å²) in [6.45, 7) is 1.88. The van der Waals surface area contributed by atoms with Crippen LogP contribution in [-0.2, 0) is 6.61 Å². The lowest BCUT2D eigenvalue weighted by Crippen LogP contribution is -1.98. The molecular weight excluding hydrogens is 356 g/mol. The topological polar surface area (TPSA) is 35.5 Å². The van der Waals surface area contributed by atoms with Crippen molar-refractivity contribution in [1.82, 2.24) is 0 Å². The molecule has 0 spiro atoms. The van der Waals surface area contributed by atoms with Gasteiger partial charge in [-0.1, -0.05) is 17.7 Å². The van der Waals surface area contributed by atoms with E-state index < -0.39 is 0 Å². The summed E-state index contributed by atoms with van der Waals surface area (Å²) in [6, 6.07) is 10.7. The van der Waals surface area contributed by atoms with Crippen LogP contribution >= 0.6 is 27.5 Å². The summed E-state index contributed by atoms with van der Waals surface area (Å²) in [4.78, 5) is 11.3. The molecule has 0 aliphatic carbocycles. The zero-order valence-electron chi connectivity index (χ0n) is 11.7. The predicted molar refractivity (Wildman–Crippen MR) is 86.5 cm³/mol. The number of benzene rings is 2. The standard InChI is InChI=1S/C16H14BrClO3/c1-10(19)12-4-6-16(14(18)8-12)21-9-11-3-5-15(20-2)13(17)7-11/h3-8H,9H2,1-2H3. The Balaban J connectivity index is 2.09. The lowest BCUT2D eigenvalue weighted by Gasteiger charge is -2.10. The molecular formula is C16H14BrClO3. The van der Waals surface area contributed by atoms with Crippen LogP contribution in [0.1, 0.15) is 22.8 Å². The number of ketones is 1. The van der Waals surface area contributed by atoms with Crippen molar-refractivity contribution in [3.63, 3.8) is 0 Å². The number of halogens is 2. The van der Waals surface area contributed by atoms with Gasteiger partial charge in [-0.2, -0.15) is 0 Å². The van der Waals surface area contributed by atoms with Gasteiger partial charge in [-0.25, -0.2) is 0 Å². The number of ether oxygens (including phenoxy) is 2. The third-order valence-corrected chi connectivity index (χ3v) is 3.86. The van der Waals surface area contributed by atoms with Crippen LogP contribution in [0.3, 0.4) is 0 Å². The molecule has 21 heavy (non-hydrogen) atoms. The first kappa shape index (κ1) is 15.9. The highest BCUT2D eigenvalue weighted by molar-refractivity contribution is 9.10. The zero-order valence-corrected chi connectivity index (χ0v) is 14.0. The van der Waals surface area contributed by atoms with E-state index in [1.54, 1.807) is 25.3 Å². The Labute approximate surface area is 137 Å². The zero-order chi connectivity index (χ0) is 15.4. The van der Waals surface area contributed by atoms with Crippen molar-refractivity contribution < 1.29 is 14.3 Å². The van der Waals surface area contributed by atoms with Crippen molar-refractivity contribution in [2.24, 2.45) is 0 Å². The van der Waals surface area contributed by atoms with Crippen molar-refractivity contribution in [2.75, 3.05) is 7.11 Å². The first-order valence-corrected chi connectivity index (χ1v) is 7.44. The maximum Gasteiger partial charge on any atom is 0.159 e. The van der Waals surface area contributed by atoms with Crippen LogP contribution < -0.4 is 9.47 Å². The smallest absolute Gasteiger partial charge is 0.159 e. The normalized spacial score (nSPS) is 10.3. The van der Waals surface area contributed by atoms with Gasteiger partial charge in [-0.3, -0.25) is 4.79 Å². The van der Waals surface area contributed by atoms with Gasteiger partial charge in [-0.05, 0) is 58.7 Å². The van der Waals surface area contributed by atoms with Gasteiger partial charge in [-0.15, -0.1) is 0 Å². The van der Waals surface area contributed by atoms with E-state index in [0.29, 0.717) is 22.9 Å². The molecule has 2 rings (SSSR count). The lowest BCUT2D eigenvalue weighted by molar-refractivity contribution is 0.101. The van der Waals surface area contributed by atoms with Crippen molar-refractivity contribution in [3.05, 3.63) is 57.0 Å². The Morgan fingerprint density at radius 3 is 2.48 bits per heavy atom. The number of hydrogen-bond acceptors (Lipinski definition) is 3. The first-order chi connectivity index (χ1) is 10.0. The molecule has 0 aliphatic heterocycles. The minimum Gasteiger partial charge on any atom is -0.496 e. The number of Topliss-reactive ketones (excluding diaryl/α,β-unsaturated/α-hetero) is 1. The van der Waals surface area contributed by atoms with Crippen LogP contribution in [0.5, 0.6) is 11.5 Å². The summed E-state index contributed by atoms with van der Waals surface area (Å²) in [5, 5.41) is 0.426. The second-order valence-electron chi connectivity index (χ2n) is 4.46. The van der Waals surface area contributed by atoms with E-state index in [2.05, 4.69) is 15.9 Å². The Bertz CT molecular complexity index is 671. The van der Waals surface area contributed by atoms with E-state index in [1.165, 1.54) is 6.92 Å². The van der Waals surface area contributed by atoms with Crippen molar-refractivity contribution in [1.29, 1.82) is 0 Å². The summed E-state index contributed by atoms with van der Waals surface area (Å²) >= 11 is 9.54. The van der Waals surface area contributed by atoms with Crippen LogP contribution in [-0.4, -0.2) is 12.9 Å². The highest BCUT2D eigenvalue weighted by atomic mass is 79.9. The molecule has 0 atom stereocenters. The molecule has 5 heteroatoms. The van der Waals surface area contributed by atoms with Gasteiger partial charge in [0.15, 0.2) is 5.78 Å². The summed E-state index contributed by atoms with van der Waals surface area (Å²) in [5.41, 5.74) is 1.55. The molecule has 0 amide bonds. The van der Waals surface area contributed by atoms with E-state index in [-0.39, 0.29) is 5.78 Å². The largest absolute Gasteiger partial charge is 0.496 e. The molecule has 0 saturated heterocycles. The summed E-state index contributed by atoms with van der Waals surface area (Å²) in [5.74, 6) is 1.29. The van der Waals surface area contributed by atoms with Gasteiger partial charge in [0.05, 0.1) is 16.6 Å². The predicted octanol–water partition coefficient (Wildman–Crippen LogP) is 4.89. The Hall–Kier alpha value is -1.52. The van der Waals surface area contributed by atoms with Gasteiger partial charge in [0.2, 0.25) is 0 Å². The molecule has 0 radical (unpaired) electrons. The Morgan fingerprint density at radius 1 is 1.19 bits per heavy atom. The van der Waals surface area contributed by atoms with Gasteiger partial charge >= 0.3 is 0 Å². The molecule has 0 aliphatic rings. The van der Waals surface area contributed by atoms with Crippen molar-refractivity contribution >= 4 is 33.3 Å². The molecule has 110 valence electrons. The molecule has 2 aromatic carbocycles. The third kappa shape index (κ3) is 3.99. The van der Waals surface area contributed by atoms with Crippen molar-refractivity contribution in [3.8, 4) is 11.5 Å². The fourth-order valence-corrected chi connectivity index (χ4v) is 2.62. The summed E-state index contributed by atoms with van der Waals surface area (Å²) in [7, 11) is 1.62. The Morgan fingerprint density at radius 2 is 1.90 bits per heavy atom. The van der Waals surface area contributed by atoms with Gasteiger partial charge in [0.1, 0.15) is 18.1 Å². The average Bonchev–Trinajstić information content (AvgIpc) is 2.46. The van der Waals surface area contributed by atoms with Crippen LogP contribution in [0.4, 0.5) is 0 Å². The van der Waals surface area contributed by atoms with E-state index >= 15 is 0 Å². The fraction of sp³-hybridized carbons (Fsp3) is 0.188. The maximum absolute atomic E-state index is 11.3. The van der Waals surface area contributed by atoms with Gasteiger partial charge < -0.3 is 9.47 Å². The number of hydrogen-bond donors (Lipinski definition) is 0. The highest BCUT2D eigenvalue weighted by Crippen LogP contribution is 2.28. The molecule has 0 bridgehead atoms. The second kappa shape index (κ2) is 6.96. The average molecular weight is 370 g/mol. The van der Waals surface area contributed by atoms with E-state index in [9.17, 15) is 4.79 Å². The second-order valence-corrected chi connectivity index (χ2v) is 5.72. The van der Waals surface area contributed by atoms with Gasteiger partial charge in [0.25, 0.3) is 0 Å². The lowest BCUT2D eigenvalue weighted by atomic mass is 10.1. The van der Waals surface area contributed by atoms with E-state index in [1.807, 2.05) is 18.2 Å². The minimum absolute atomic E-state index is 0.0254. The van der Waals surface area contributed by atoms with E-state index in [4.69, 9.17) is 21.1 Å². The van der Waals surface area contributed by atoms with Gasteiger partial charge in [0, 0.05) is 5.56 Å². The Kier molecular flexibility index (Phi) is 5.26. The molecule has 0 unspecified atom stereocenters. The summed E-state index contributed by atoms with van der Waals surface area (Å²) < 4.78 is 11.7. The molecule has 0 fully saturated rings. The van der Waals surface area contributed by atoms with Crippen LogP contribution in [0.25, 0.3) is 0 Å². The first-order valence-electron chi connectivity index (χ1n) is 6.27. The highest BCUT2D eigenvalue weighted by Gasteiger charge is 2.07. The fourth-order valence-electron chi connectivity index (χ4n) is 1.80.